The molecule has 0 amide bonds. The number of benzene rings is 2. The number of hydrogen-bond donors (Lipinski definition) is 0. The van der Waals surface area contributed by atoms with Gasteiger partial charge in [0.05, 0.1) is 54.1 Å². The molecule has 0 saturated carbocycles. The minimum absolute atomic E-state index is 0. The second kappa shape index (κ2) is 14.3. The largest absolute Gasteiger partial charge is 1.00 e. The fourth-order valence-corrected chi connectivity index (χ4v) is 3.20. The molecule has 33 heavy (non-hydrogen) atoms. The Morgan fingerprint density at radius 3 is 2.03 bits per heavy atom. The van der Waals surface area contributed by atoms with Crippen molar-refractivity contribution in [2.75, 3.05) is 48.5 Å². The summed E-state index contributed by atoms with van der Waals surface area (Å²) in [6, 6.07) is 10.9. The molecule has 0 fully saturated rings. The fraction of sp³-hybridized carbons (Fsp3) is 0.500. The summed E-state index contributed by atoms with van der Waals surface area (Å²) in [6.45, 7) is 3.77. The lowest BCUT2D eigenvalue weighted by molar-refractivity contribution is -0.870. The van der Waals surface area contributed by atoms with Crippen molar-refractivity contribution in [1.29, 1.82) is 0 Å². The van der Waals surface area contributed by atoms with Crippen LogP contribution >= 0.6 is 0 Å². The van der Waals surface area contributed by atoms with E-state index in [0.717, 1.165) is 30.3 Å². The minimum atomic E-state index is -0.477. The normalized spacial score (nSPS) is 10.8. The Kier molecular flexibility index (Phi) is 12.6. The third-order valence-corrected chi connectivity index (χ3v) is 5.15. The van der Waals surface area contributed by atoms with E-state index in [4.69, 9.17) is 18.9 Å². The summed E-state index contributed by atoms with van der Waals surface area (Å²) in [5, 5.41) is 0. The van der Waals surface area contributed by atoms with Gasteiger partial charge in [0.25, 0.3) is 0 Å². The molecule has 0 spiro atoms. The first-order valence-electron chi connectivity index (χ1n) is 11.3. The van der Waals surface area contributed by atoms with Crippen LogP contribution in [0.1, 0.15) is 48.5 Å². The minimum Gasteiger partial charge on any atom is -1.00 e. The van der Waals surface area contributed by atoms with E-state index >= 15 is 0 Å². The summed E-state index contributed by atoms with van der Waals surface area (Å²) in [4.78, 5) is 12.8. The van der Waals surface area contributed by atoms with Gasteiger partial charge in [0.15, 0.2) is 11.5 Å². The predicted octanol–water partition coefficient (Wildman–Crippen LogP) is 2.13. The maximum Gasteiger partial charge on any atom is 0.343 e. The number of unbranched alkanes of at least 4 members (excludes halogenated alkanes) is 3. The average molecular weight is 571 g/mol. The number of nitrogens with zero attached hydrogens (tertiary/aromatic N) is 1. The van der Waals surface area contributed by atoms with Gasteiger partial charge in [-0.25, -0.2) is 4.79 Å². The van der Waals surface area contributed by atoms with E-state index in [1.807, 2.05) is 24.3 Å². The number of likely N-dealkylation sites (N-methyl/N-ethyl adjacent to an activating group) is 1. The molecular weight excluding hydrogens is 533 g/mol. The van der Waals surface area contributed by atoms with Crippen LogP contribution in [-0.4, -0.2) is 59.0 Å². The Hall–Kier alpha value is -2.00. The molecular formula is C26H38INO5. The van der Waals surface area contributed by atoms with Gasteiger partial charge in [-0.05, 0) is 36.2 Å². The highest BCUT2D eigenvalue weighted by Gasteiger charge is 2.19. The third kappa shape index (κ3) is 9.80. The Bertz CT molecular complexity index is 837. The van der Waals surface area contributed by atoms with E-state index in [1.54, 1.807) is 26.4 Å². The van der Waals surface area contributed by atoms with Crippen molar-refractivity contribution in [3.05, 3.63) is 47.5 Å². The third-order valence-electron chi connectivity index (χ3n) is 5.15. The van der Waals surface area contributed by atoms with Gasteiger partial charge in [0.1, 0.15) is 5.75 Å². The summed E-state index contributed by atoms with van der Waals surface area (Å²) in [7, 11) is 9.59. The molecule has 7 heteroatoms. The highest BCUT2D eigenvalue weighted by Crippen LogP contribution is 2.39. The van der Waals surface area contributed by atoms with Crippen LogP contribution in [0, 0.1) is 0 Å². The van der Waals surface area contributed by atoms with Gasteiger partial charge in [0, 0.05) is 6.42 Å². The topological polar surface area (TPSA) is 54.0 Å². The van der Waals surface area contributed by atoms with Crippen LogP contribution in [0.2, 0.25) is 0 Å². The van der Waals surface area contributed by atoms with Gasteiger partial charge in [-0.3, -0.25) is 0 Å². The molecule has 0 unspecified atom stereocenters. The molecule has 0 N–H and O–H groups in total. The number of halogens is 1. The number of methoxy groups -OCH3 is 2. The first-order valence-corrected chi connectivity index (χ1v) is 11.3. The zero-order valence-electron chi connectivity index (χ0n) is 20.8. The quantitative estimate of drug-likeness (QED) is 0.121. The predicted molar refractivity (Wildman–Crippen MR) is 127 cm³/mol. The van der Waals surface area contributed by atoms with E-state index in [2.05, 4.69) is 28.1 Å². The number of carbonyl (C=O) groups excluding carboxylic acids is 1. The zero-order chi connectivity index (χ0) is 23.6. The Morgan fingerprint density at radius 1 is 0.909 bits per heavy atom. The molecule has 0 aliphatic heterocycles. The van der Waals surface area contributed by atoms with Crippen molar-refractivity contribution < 1.29 is 52.2 Å². The second-order valence-corrected chi connectivity index (χ2v) is 8.92. The maximum absolute atomic E-state index is 12.8. The molecule has 0 aromatic heterocycles. The Balaban J connectivity index is 0.00000544. The number of esters is 1. The maximum atomic E-state index is 12.8. The summed E-state index contributed by atoms with van der Waals surface area (Å²) < 4.78 is 23.3. The van der Waals surface area contributed by atoms with E-state index in [-0.39, 0.29) is 24.0 Å². The van der Waals surface area contributed by atoms with Crippen LogP contribution < -0.4 is 42.9 Å². The summed E-state index contributed by atoms with van der Waals surface area (Å²) >= 11 is 0. The monoisotopic (exact) mass is 571 g/mol. The highest BCUT2D eigenvalue weighted by molar-refractivity contribution is 5.92. The summed E-state index contributed by atoms with van der Waals surface area (Å²) in [6.07, 6.45) is 5.38. The smallest absolute Gasteiger partial charge is 0.343 e. The Labute approximate surface area is 215 Å². The molecule has 0 heterocycles. The van der Waals surface area contributed by atoms with Crippen molar-refractivity contribution in [2.24, 2.45) is 0 Å². The van der Waals surface area contributed by atoms with Gasteiger partial charge in [0.2, 0.25) is 5.75 Å². The van der Waals surface area contributed by atoms with Crippen LogP contribution in [0.5, 0.6) is 23.0 Å². The molecule has 0 radical (unpaired) electrons. The molecule has 0 saturated heterocycles. The molecule has 0 atom stereocenters. The average Bonchev–Trinajstić information content (AvgIpc) is 2.77. The lowest BCUT2D eigenvalue weighted by atomic mass is 10.1. The van der Waals surface area contributed by atoms with Crippen LogP contribution in [0.3, 0.4) is 0 Å². The van der Waals surface area contributed by atoms with Crippen LogP contribution in [0.25, 0.3) is 0 Å². The molecule has 2 rings (SSSR count). The molecule has 0 aliphatic rings. The van der Waals surface area contributed by atoms with Gasteiger partial charge in [-0.1, -0.05) is 38.3 Å². The number of hydrogen-bond acceptors (Lipinski definition) is 5. The molecule has 0 aliphatic carbocycles. The van der Waals surface area contributed by atoms with E-state index in [0.29, 0.717) is 35.2 Å². The standard InChI is InChI=1S/C26H38NO5.HI/c1-7-8-9-10-17-31-25-23(29-5)18-21(19-24(25)30-6)26(28)32-22-13-11-20(12-14-22)15-16-27(2,3)4;/h11-14,18-19H,7-10,15-17H2,1-6H3;1H/q+1;/p-1. The zero-order valence-corrected chi connectivity index (χ0v) is 22.9. The lowest BCUT2D eigenvalue weighted by Crippen LogP contribution is -3.00. The Morgan fingerprint density at radius 2 is 1.52 bits per heavy atom. The van der Waals surface area contributed by atoms with Crippen LogP contribution in [0.4, 0.5) is 0 Å². The van der Waals surface area contributed by atoms with Crippen molar-refractivity contribution in [3.8, 4) is 23.0 Å². The first kappa shape index (κ1) is 29.0. The number of ether oxygens (including phenoxy) is 4. The van der Waals surface area contributed by atoms with Crippen molar-refractivity contribution >= 4 is 5.97 Å². The van der Waals surface area contributed by atoms with E-state index < -0.39 is 5.97 Å². The second-order valence-electron chi connectivity index (χ2n) is 8.92. The van der Waals surface area contributed by atoms with Crippen LogP contribution in [-0.2, 0) is 6.42 Å². The summed E-state index contributed by atoms with van der Waals surface area (Å²) in [5.41, 5.74) is 1.55. The molecule has 2 aromatic carbocycles. The number of quaternary nitrogens is 1. The van der Waals surface area contributed by atoms with Crippen molar-refractivity contribution in [1.82, 2.24) is 0 Å². The van der Waals surface area contributed by atoms with Crippen molar-refractivity contribution in [3.63, 3.8) is 0 Å². The van der Waals surface area contributed by atoms with Gasteiger partial charge in [-0.2, -0.15) is 0 Å². The first-order chi connectivity index (χ1) is 15.3. The SMILES string of the molecule is CCCCCCOc1c(OC)cc(C(=O)Oc2ccc(CC[N+](C)(C)C)cc2)cc1OC.[I-]. The van der Waals surface area contributed by atoms with Gasteiger partial charge < -0.3 is 47.4 Å². The highest BCUT2D eigenvalue weighted by atomic mass is 127. The fourth-order valence-electron chi connectivity index (χ4n) is 3.20. The number of rotatable bonds is 13. The van der Waals surface area contributed by atoms with E-state index in [1.165, 1.54) is 18.4 Å². The molecule has 6 nitrogen and oxygen atoms in total. The van der Waals surface area contributed by atoms with Gasteiger partial charge in [-0.15, -0.1) is 0 Å². The van der Waals surface area contributed by atoms with Crippen molar-refractivity contribution in [2.45, 2.75) is 39.0 Å². The summed E-state index contributed by atoms with van der Waals surface area (Å²) in [5.74, 6) is 1.42. The number of carbonyl (C=O) groups is 1. The lowest BCUT2D eigenvalue weighted by Gasteiger charge is -2.23. The molecule has 0 bridgehead atoms. The van der Waals surface area contributed by atoms with E-state index in [9.17, 15) is 4.79 Å². The van der Waals surface area contributed by atoms with Gasteiger partial charge >= 0.3 is 5.97 Å². The molecule has 2 aromatic rings. The molecule has 184 valence electrons. The van der Waals surface area contributed by atoms with Crippen LogP contribution in [0.15, 0.2) is 36.4 Å².